The summed E-state index contributed by atoms with van der Waals surface area (Å²) >= 11 is 0. The molecule has 0 atom stereocenters. The van der Waals surface area contributed by atoms with Crippen molar-refractivity contribution in [3.05, 3.63) is 47.7 Å². The van der Waals surface area contributed by atoms with Gasteiger partial charge < -0.3 is 4.42 Å². The molecule has 0 aliphatic carbocycles. The van der Waals surface area contributed by atoms with Crippen LogP contribution in [0.15, 0.2) is 41.0 Å². The fraction of sp³-hybridized carbons (Fsp3) is 0.214. The average Bonchev–Trinajstić information content (AvgIpc) is 2.72. The molecule has 82 valence electrons. The van der Waals surface area contributed by atoms with E-state index in [0.29, 0.717) is 12.0 Å². The van der Waals surface area contributed by atoms with Gasteiger partial charge in [0.05, 0.1) is 6.26 Å². The van der Waals surface area contributed by atoms with E-state index in [0.717, 1.165) is 22.1 Å². The molecule has 16 heavy (non-hydrogen) atoms. The summed E-state index contributed by atoms with van der Waals surface area (Å²) in [5.74, 6) is 0.0306. The molecule has 0 aliphatic heterocycles. The van der Waals surface area contributed by atoms with Crippen LogP contribution in [-0.2, 0) is 0 Å². The third-order valence-corrected chi connectivity index (χ3v) is 2.79. The SMILES string of the molecule is C=C(CC)C(=O)c1cc2ccoc2cc1C. The third-order valence-electron chi connectivity index (χ3n) is 2.79. The maximum absolute atomic E-state index is 12.0. The van der Waals surface area contributed by atoms with Crippen molar-refractivity contribution in [3.63, 3.8) is 0 Å². The van der Waals surface area contributed by atoms with Crippen molar-refractivity contribution in [3.8, 4) is 0 Å². The topological polar surface area (TPSA) is 30.2 Å². The molecule has 0 bridgehead atoms. The number of rotatable bonds is 3. The molecule has 0 amide bonds. The molecule has 1 aromatic carbocycles. The Morgan fingerprint density at radius 2 is 2.19 bits per heavy atom. The Morgan fingerprint density at radius 3 is 2.88 bits per heavy atom. The first kappa shape index (κ1) is 10.7. The van der Waals surface area contributed by atoms with Gasteiger partial charge in [0.2, 0.25) is 0 Å². The molecule has 2 heteroatoms. The lowest BCUT2D eigenvalue weighted by molar-refractivity contribution is 0.103. The number of furan rings is 1. The van der Waals surface area contributed by atoms with Crippen molar-refractivity contribution in [2.24, 2.45) is 0 Å². The summed E-state index contributed by atoms with van der Waals surface area (Å²) in [6, 6.07) is 5.63. The number of carbonyl (C=O) groups is 1. The molecule has 0 unspecified atom stereocenters. The van der Waals surface area contributed by atoms with Gasteiger partial charge in [0.25, 0.3) is 0 Å². The normalized spacial score (nSPS) is 10.6. The van der Waals surface area contributed by atoms with Crippen molar-refractivity contribution >= 4 is 16.8 Å². The molecular weight excluding hydrogens is 200 g/mol. The highest BCUT2D eigenvalue weighted by Gasteiger charge is 2.13. The number of ketones is 1. The Labute approximate surface area is 94.6 Å². The average molecular weight is 214 g/mol. The quantitative estimate of drug-likeness (QED) is 0.573. The minimum atomic E-state index is 0.0306. The van der Waals surface area contributed by atoms with Gasteiger partial charge in [-0.15, -0.1) is 0 Å². The molecule has 0 radical (unpaired) electrons. The summed E-state index contributed by atoms with van der Waals surface area (Å²) in [6.45, 7) is 7.64. The zero-order chi connectivity index (χ0) is 11.7. The number of Topliss-reactive ketones (excluding diaryl/α,β-unsaturated/α-hetero) is 1. The van der Waals surface area contributed by atoms with Gasteiger partial charge in [0.1, 0.15) is 5.58 Å². The summed E-state index contributed by atoms with van der Waals surface area (Å²) in [5, 5.41) is 0.956. The number of allylic oxidation sites excluding steroid dienone is 1. The lowest BCUT2D eigenvalue weighted by atomic mass is 9.97. The molecular formula is C14H14O2. The second-order valence-corrected chi connectivity index (χ2v) is 3.91. The number of carbonyl (C=O) groups excluding carboxylic acids is 1. The van der Waals surface area contributed by atoms with Crippen LogP contribution in [-0.4, -0.2) is 5.78 Å². The highest BCUT2D eigenvalue weighted by molar-refractivity contribution is 6.10. The van der Waals surface area contributed by atoms with E-state index in [1.54, 1.807) is 6.26 Å². The van der Waals surface area contributed by atoms with Crippen LogP contribution in [0.1, 0.15) is 29.3 Å². The van der Waals surface area contributed by atoms with E-state index in [9.17, 15) is 4.79 Å². The maximum Gasteiger partial charge on any atom is 0.188 e. The Hall–Kier alpha value is -1.83. The van der Waals surface area contributed by atoms with Gasteiger partial charge in [-0.25, -0.2) is 0 Å². The van der Waals surface area contributed by atoms with E-state index in [1.165, 1.54) is 0 Å². The molecule has 0 N–H and O–H groups in total. The van der Waals surface area contributed by atoms with Crippen LogP contribution < -0.4 is 0 Å². The molecule has 0 spiro atoms. The largest absolute Gasteiger partial charge is 0.464 e. The fourth-order valence-electron chi connectivity index (χ4n) is 1.71. The smallest absolute Gasteiger partial charge is 0.188 e. The number of hydrogen-bond donors (Lipinski definition) is 0. The van der Waals surface area contributed by atoms with E-state index >= 15 is 0 Å². The van der Waals surface area contributed by atoms with Crippen LogP contribution >= 0.6 is 0 Å². The van der Waals surface area contributed by atoms with Crippen LogP contribution in [0.3, 0.4) is 0 Å². The zero-order valence-electron chi connectivity index (χ0n) is 9.54. The van der Waals surface area contributed by atoms with Gasteiger partial charge in [0, 0.05) is 10.9 Å². The zero-order valence-corrected chi connectivity index (χ0v) is 9.54. The molecule has 0 saturated heterocycles. The molecule has 0 saturated carbocycles. The van der Waals surface area contributed by atoms with Crippen LogP contribution in [0.4, 0.5) is 0 Å². The lowest BCUT2D eigenvalue weighted by Crippen LogP contribution is -2.03. The minimum Gasteiger partial charge on any atom is -0.464 e. The van der Waals surface area contributed by atoms with Crippen LogP contribution in [0.2, 0.25) is 0 Å². The highest BCUT2D eigenvalue weighted by atomic mass is 16.3. The van der Waals surface area contributed by atoms with E-state index in [4.69, 9.17) is 4.42 Å². The van der Waals surface area contributed by atoms with Gasteiger partial charge >= 0.3 is 0 Å². The summed E-state index contributed by atoms with van der Waals surface area (Å²) in [7, 11) is 0. The molecule has 0 aliphatic rings. The third kappa shape index (κ3) is 1.67. The Balaban J connectivity index is 2.55. The minimum absolute atomic E-state index is 0.0306. The molecule has 1 heterocycles. The van der Waals surface area contributed by atoms with Gasteiger partial charge in [0.15, 0.2) is 5.78 Å². The fourth-order valence-corrected chi connectivity index (χ4v) is 1.71. The Kier molecular flexibility index (Phi) is 2.65. The summed E-state index contributed by atoms with van der Waals surface area (Å²) in [6.07, 6.45) is 2.31. The van der Waals surface area contributed by atoms with Crippen molar-refractivity contribution in [1.82, 2.24) is 0 Å². The maximum atomic E-state index is 12.0. The van der Waals surface area contributed by atoms with Gasteiger partial charge in [-0.2, -0.15) is 0 Å². The molecule has 2 nitrogen and oxygen atoms in total. The number of aryl methyl sites for hydroxylation is 1. The number of benzene rings is 1. The predicted molar refractivity (Wildman–Crippen MR) is 64.7 cm³/mol. The first-order chi connectivity index (χ1) is 7.63. The van der Waals surface area contributed by atoms with Gasteiger partial charge in [-0.05, 0) is 42.7 Å². The van der Waals surface area contributed by atoms with Crippen molar-refractivity contribution < 1.29 is 9.21 Å². The molecule has 2 aromatic rings. The van der Waals surface area contributed by atoms with E-state index in [-0.39, 0.29) is 5.78 Å². The molecule has 1 aromatic heterocycles. The van der Waals surface area contributed by atoms with E-state index in [2.05, 4.69) is 6.58 Å². The second-order valence-electron chi connectivity index (χ2n) is 3.91. The van der Waals surface area contributed by atoms with Crippen LogP contribution in [0.5, 0.6) is 0 Å². The number of fused-ring (bicyclic) bond motifs is 1. The van der Waals surface area contributed by atoms with Crippen molar-refractivity contribution in [1.29, 1.82) is 0 Å². The standard InChI is InChI=1S/C14H14O2/c1-4-9(2)14(15)12-8-11-5-6-16-13(11)7-10(12)3/h5-8H,2,4H2,1,3H3. The summed E-state index contributed by atoms with van der Waals surface area (Å²) < 4.78 is 5.29. The number of hydrogen-bond acceptors (Lipinski definition) is 2. The molecule has 0 fully saturated rings. The van der Waals surface area contributed by atoms with E-state index in [1.807, 2.05) is 32.0 Å². The molecule has 2 rings (SSSR count). The summed E-state index contributed by atoms with van der Waals surface area (Å²) in [5.41, 5.74) is 3.12. The second kappa shape index (κ2) is 3.97. The highest BCUT2D eigenvalue weighted by Crippen LogP contribution is 2.23. The summed E-state index contributed by atoms with van der Waals surface area (Å²) in [4.78, 5) is 12.0. The monoisotopic (exact) mass is 214 g/mol. The van der Waals surface area contributed by atoms with Crippen LogP contribution in [0, 0.1) is 6.92 Å². The van der Waals surface area contributed by atoms with Gasteiger partial charge in [-0.3, -0.25) is 4.79 Å². The lowest BCUT2D eigenvalue weighted by Gasteiger charge is -2.05. The van der Waals surface area contributed by atoms with Crippen LogP contribution in [0.25, 0.3) is 11.0 Å². The first-order valence-corrected chi connectivity index (χ1v) is 5.33. The predicted octanol–water partition coefficient (Wildman–Crippen LogP) is 3.89. The van der Waals surface area contributed by atoms with Crippen molar-refractivity contribution in [2.75, 3.05) is 0 Å². The Morgan fingerprint density at radius 1 is 1.44 bits per heavy atom. The first-order valence-electron chi connectivity index (χ1n) is 5.33. The van der Waals surface area contributed by atoms with E-state index < -0.39 is 0 Å². The van der Waals surface area contributed by atoms with Crippen molar-refractivity contribution in [2.45, 2.75) is 20.3 Å². The van der Waals surface area contributed by atoms with Gasteiger partial charge in [-0.1, -0.05) is 13.5 Å². The Bertz CT molecular complexity index is 561.